The monoisotopic (exact) mass is 294 g/mol. The molecule has 7 heteroatoms. The van der Waals surface area contributed by atoms with Crippen LogP contribution in [0.2, 0.25) is 0 Å². The first kappa shape index (κ1) is 15.5. The largest absolute Gasteiger partial charge is 0.336 e. The molecule has 1 saturated heterocycles. The molecule has 0 aliphatic carbocycles. The van der Waals surface area contributed by atoms with Gasteiger partial charge in [0.15, 0.2) is 0 Å². The van der Waals surface area contributed by atoms with E-state index in [0.717, 1.165) is 13.0 Å². The van der Waals surface area contributed by atoms with E-state index in [2.05, 4.69) is 35.6 Å². The van der Waals surface area contributed by atoms with Crippen LogP contribution in [0.15, 0.2) is 15.8 Å². The number of carbonyl (C=O) groups excluding carboxylic acids is 1. The normalized spacial score (nSPS) is 20.0. The van der Waals surface area contributed by atoms with E-state index in [1.54, 1.807) is 4.90 Å². The zero-order chi connectivity index (χ0) is 15.6. The third-order valence-corrected chi connectivity index (χ3v) is 4.00. The fourth-order valence-corrected chi connectivity index (χ4v) is 2.84. The minimum atomic E-state index is -0.636. The second-order valence-corrected chi connectivity index (χ2v) is 5.63. The van der Waals surface area contributed by atoms with Gasteiger partial charge in [-0.1, -0.05) is 6.92 Å². The summed E-state index contributed by atoms with van der Waals surface area (Å²) >= 11 is 0. The molecular weight excluding hydrogens is 272 g/mol. The number of nitrogens with one attached hydrogen (secondary N) is 2. The van der Waals surface area contributed by atoms with Crippen molar-refractivity contribution in [3.63, 3.8) is 0 Å². The number of H-pyrrole nitrogens is 2. The average molecular weight is 294 g/mol. The Morgan fingerprint density at radius 3 is 2.67 bits per heavy atom. The Hall–Kier alpha value is -1.89. The van der Waals surface area contributed by atoms with E-state index in [-0.39, 0.29) is 11.5 Å². The van der Waals surface area contributed by atoms with Gasteiger partial charge in [0.1, 0.15) is 5.56 Å². The van der Waals surface area contributed by atoms with Gasteiger partial charge in [-0.3, -0.25) is 19.5 Å². The molecule has 1 fully saturated rings. The van der Waals surface area contributed by atoms with Crippen molar-refractivity contribution >= 4 is 5.91 Å². The van der Waals surface area contributed by atoms with Crippen molar-refractivity contribution in [3.05, 3.63) is 32.6 Å². The lowest BCUT2D eigenvalue weighted by molar-refractivity contribution is 0.0370. The van der Waals surface area contributed by atoms with E-state index < -0.39 is 11.2 Å². The minimum absolute atomic E-state index is 0.0116. The Labute approximate surface area is 123 Å². The smallest absolute Gasteiger partial charge is 0.325 e. The number of aromatic nitrogens is 2. The molecule has 1 amide bonds. The van der Waals surface area contributed by atoms with Crippen molar-refractivity contribution in [1.29, 1.82) is 0 Å². The summed E-state index contributed by atoms with van der Waals surface area (Å²) in [6.07, 6.45) is 2.14. The van der Waals surface area contributed by atoms with Crippen LogP contribution in [-0.2, 0) is 0 Å². The van der Waals surface area contributed by atoms with E-state index in [1.807, 2.05) is 0 Å². The van der Waals surface area contributed by atoms with Crippen LogP contribution in [0.25, 0.3) is 0 Å². The zero-order valence-corrected chi connectivity index (χ0v) is 12.7. The predicted molar refractivity (Wildman–Crippen MR) is 79.5 cm³/mol. The van der Waals surface area contributed by atoms with Gasteiger partial charge in [0.05, 0.1) is 0 Å². The van der Waals surface area contributed by atoms with Gasteiger partial charge in [0, 0.05) is 37.9 Å². The second-order valence-electron chi connectivity index (χ2n) is 5.63. The zero-order valence-electron chi connectivity index (χ0n) is 12.7. The molecule has 1 aromatic rings. The molecule has 0 unspecified atom stereocenters. The summed E-state index contributed by atoms with van der Waals surface area (Å²) in [4.78, 5) is 43.7. The highest BCUT2D eigenvalue weighted by atomic mass is 16.2. The molecule has 0 spiro atoms. The van der Waals surface area contributed by atoms with Gasteiger partial charge in [-0.05, 0) is 20.3 Å². The maximum atomic E-state index is 12.4. The first-order valence-corrected chi connectivity index (χ1v) is 7.31. The Balaban J connectivity index is 2.18. The Bertz CT molecular complexity index is 619. The highest BCUT2D eigenvalue weighted by Crippen LogP contribution is 2.16. The molecule has 7 nitrogen and oxygen atoms in total. The van der Waals surface area contributed by atoms with Crippen molar-refractivity contribution in [2.75, 3.05) is 19.6 Å². The van der Waals surface area contributed by atoms with E-state index in [4.69, 9.17) is 0 Å². The molecule has 1 aromatic heterocycles. The number of rotatable bonds is 3. The van der Waals surface area contributed by atoms with Crippen LogP contribution in [0.5, 0.6) is 0 Å². The Morgan fingerprint density at radius 2 is 2.10 bits per heavy atom. The lowest BCUT2D eigenvalue weighted by Gasteiger charge is -2.43. The van der Waals surface area contributed by atoms with Crippen molar-refractivity contribution in [3.8, 4) is 0 Å². The Morgan fingerprint density at radius 1 is 1.38 bits per heavy atom. The van der Waals surface area contributed by atoms with E-state index in [1.165, 1.54) is 6.20 Å². The first-order valence-electron chi connectivity index (χ1n) is 7.31. The quantitative estimate of drug-likeness (QED) is 0.821. The number of hydrogen-bond acceptors (Lipinski definition) is 4. The van der Waals surface area contributed by atoms with Crippen LogP contribution in [-0.4, -0.2) is 57.4 Å². The van der Waals surface area contributed by atoms with E-state index in [0.29, 0.717) is 25.2 Å². The SMILES string of the molecule is CC[C@H]1CN(C(=O)c2c[nH]c(=O)[nH]c2=O)CCN1C(C)C. The maximum Gasteiger partial charge on any atom is 0.325 e. The van der Waals surface area contributed by atoms with Gasteiger partial charge >= 0.3 is 5.69 Å². The third-order valence-electron chi connectivity index (χ3n) is 4.00. The van der Waals surface area contributed by atoms with Crippen molar-refractivity contribution in [2.24, 2.45) is 0 Å². The van der Waals surface area contributed by atoms with Gasteiger partial charge in [-0.25, -0.2) is 4.79 Å². The van der Waals surface area contributed by atoms with E-state index in [9.17, 15) is 14.4 Å². The number of aromatic amines is 2. The highest BCUT2D eigenvalue weighted by Gasteiger charge is 2.31. The third kappa shape index (κ3) is 3.24. The first-order chi connectivity index (χ1) is 9.93. The molecular formula is C14H22N4O3. The molecule has 2 rings (SSSR count). The molecule has 0 radical (unpaired) electrons. The number of piperazine rings is 1. The molecule has 116 valence electrons. The molecule has 0 bridgehead atoms. The van der Waals surface area contributed by atoms with Crippen molar-refractivity contribution in [2.45, 2.75) is 39.3 Å². The topological polar surface area (TPSA) is 89.3 Å². The number of hydrogen-bond donors (Lipinski definition) is 2. The molecule has 21 heavy (non-hydrogen) atoms. The van der Waals surface area contributed by atoms with Gasteiger partial charge in [-0.15, -0.1) is 0 Å². The van der Waals surface area contributed by atoms with Gasteiger partial charge in [-0.2, -0.15) is 0 Å². The number of amides is 1. The summed E-state index contributed by atoms with van der Waals surface area (Å²) in [5, 5.41) is 0. The van der Waals surface area contributed by atoms with Crippen LogP contribution in [0.4, 0.5) is 0 Å². The summed E-state index contributed by atoms with van der Waals surface area (Å²) in [7, 11) is 0. The highest BCUT2D eigenvalue weighted by molar-refractivity contribution is 5.93. The number of nitrogens with zero attached hydrogens (tertiary/aromatic N) is 2. The van der Waals surface area contributed by atoms with Crippen LogP contribution < -0.4 is 11.2 Å². The minimum Gasteiger partial charge on any atom is -0.336 e. The van der Waals surface area contributed by atoms with Crippen LogP contribution >= 0.6 is 0 Å². The van der Waals surface area contributed by atoms with Crippen LogP contribution in [0.3, 0.4) is 0 Å². The van der Waals surface area contributed by atoms with Crippen molar-refractivity contribution < 1.29 is 4.79 Å². The summed E-state index contributed by atoms with van der Waals surface area (Å²) in [6.45, 7) is 8.38. The van der Waals surface area contributed by atoms with E-state index >= 15 is 0 Å². The summed E-state index contributed by atoms with van der Waals surface area (Å²) in [5.41, 5.74) is -1.25. The van der Waals surface area contributed by atoms with Gasteiger partial charge in [0.2, 0.25) is 0 Å². The van der Waals surface area contributed by atoms with Crippen LogP contribution in [0.1, 0.15) is 37.6 Å². The lowest BCUT2D eigenvalue weighted by Crippen LogP contribution is -2.57. The number of carbonyl (C=O) groups is 1. The van der Waals surface area contributed by atoms with Crippen molar-refractivity contribution in [1.82, 2.24) is 19.8 Å². The standard InChI is InChI=1S/C14H22N4O3/c1-4-10-8-17(5-6-18(10)9(2)3)13(20)11-7-15-14(21)16-12(11)19/h7,9-10H,4-6,8H2,1-3H3,(H2,15,16,19,21)/t10-/m0/s1. The van der Waals surface area contributed by atoms with Gasteiger partial charge < -0.3 is 9.88 Å². The molecule has 1 aliphatic heterocycles. The predicted octanol–water partition coefficient (Wildman–Crippen LogP) is 0.00800. The summed E-state index contributed by atoms with van der Waals surface area (Å²) in [6, 6.07) is 0.730. The average Bonchev–Trinajstić information content (AvgIpc) is 2.45. The molecule has 1 aliphatic rings. The second kappa shape index (κ2) is 6.26. The molecule has 0 aromatic carbocycles. The maximum absolute atomic E-state index is 12.4. The lowest BCUT2D eigenvalue weighted by atomic mass is 10.1. The molecule has 2 heterocycles. The fourth-order valence-electron chi connectivity index (χ4n) is 2.84. The molecule has 1 atom stereocenters. The summed E-state index contributed by atoms with van der Waals surface area (Å²) < 4.78 is 0. The van der Waals surface area contributed by atoms with Gasteiger partial charge in [0.25, 0.3) is 11.5 Å². The molecule has 2 N–H and O–H groups in total. The fraction of sp³-hybridized carbons (Fsp3) is 0.643. The summed E-state index contributed by atoms with van der Waals surface area (Å²) in [5.74, 6) is -0.325. The van der Waals surface area contributed by atoms with Crippen LogP contribution in [0, 0.1) is 0 Å². The molecule has 0 saturated carbocycles. The Kier molecular flexibility index (Phi) is 4.62.